The van der Waals surface area contributed by atoms with E-state index in [2.05, 4.69) is 33.4 Å². The summed E-state index contributed by atoms with van der Waals surface area (Å²) in [6.07, 6.45) is 3.79. The number of carbonyl (C=O) groups excluding carboxylic acids is 1. The number of piperidine rings is 1. The maximum absolute atomic E-state index is 12.6. The van der Waals surface area contributed by atoms with E-state index in [4.69, 9.17) is 10.00 Å². The van der Waals surface area contributed by atoms with Gasteiger partial charge >= 0.3 is 0 Å². The first-order valence-electron chi connectivity index (χ1n) is 12.9. The zero-order valence-electron chi connectivity index (χ0n) is 21.2. The molecule has 5 rings (SSSR count). The van der Waals surface area contributed by atoms with Gasteiger partial charge in [-0.15, -0.1) is 0 Å². The zero-order chi connectivity index (χ0) is 26.2. The SMILES string of the molecule is N#Cc1ccc(CN2CCC(Oc3ccc(CNC(=O)c4ccc(-c5ccccc5)cc4)cn3)CC2)cc1. The van der Waals surface area contributed by atoms with E-state index in [1.807, 2.05) is 78.9 Å². The number of carbonyl (C=O) groups is 1. The fourth-order valence-electron chi connectivity index (χ4n) is 4.61. The third-order valence-electron chi connectivity index (χ3n) is 6.82. The number of hydrogen-bond acceptors (Lipinski definition) is 5. The Balaban J connectivity index is 1.05. The van der Waals surface area contributed by atoms with E-state index in [-0.39, 0.29) is 12.0 Å². The van der Waals surface area contributed by atoms with Crippen LogP contribution in [0.5, 0.6) is 5.88 Å². The van der Waals surface area contributed by atoms with Crippen LogP contribution >= 0.6 is 0 Å². The van der Waals surface area contributed by atoms with Crippen molar-refractivity contribution in [1.82, 2.24) is 15.2 Å². The highest BCUT2D eigenvalue weighted by Crippen LogP contribution is 2.21. The molecular weight excluding hydrogens is 472 g/mol. The highest BCUT2D eigenvalue weighted by molar-refractivity contribution is 5.94. The molecule has 0 saturated carbocycles. The lowest BCUT2D eigenvalue weighted by Gasteiger charge is -2.31. The summed E-state index contributed by atoms with van der Waals surface area (Å²) in [5, 5.41) is 11.9. The molecule has 190 valence electrons. The number of hydrogen-bond donors (Lipinski definition) is 1. The van der Waals surface area contributed by atoms with E-state index in [0.29, 0.717) is 23.6 Å². The van der Waals surface area contributed by atoms with Crippen molar-refractivity contribution in [2.75, 3.05) is 13.1 Å². The maximum atomic E-state index is 12.6. The fraction of sp³-hybridized carbons (Fsp3) is 0.219. The van der Waals surface area contributed by atoms with Crippen LogP contribution in [-0.2, 0) is 13.1 Å². The first kappa shape index (κ1) is 25.2. The molecule has 0 atom stereocenters. The van der Waals surface area contributed by atoms with Crippen LogP contribution in [0.15, 0.2) is 97.2 Å². The molecule has 1 amide bonds. The van der Waals surface area contributed by atoms with E-state index in [9.17, 15) is 4.79 Å². The van der Waals surface area contributed by atoms with Crippen LogP contribution in [0.1, 0.15) is 39.9 Å². The van der Waals surface area contributed by atoms with Crippen LogP contribution in [0.4, 0.5) is 0 Å². The third-order valence-corrected chi connectivity index (χ3v) is 6.82. The van der Waals surface area contributed by atoms with Crippen molar-refractivity contribution < 1.29 is 9.53 Å². The number of likely N-dealkylation sites (tertiary alicyclic amines) is 1. The Hall–Kier alpha value is -4.47. The van der Waals surface area contributed by atoms with Gasteiger partial charge in [-0.2, -0.15) is 5.26 Å². The normalized spacial score (nSPS) is 14.0. The molecular formula is C32H30N4O2. The van der Waals surface area contributed by atoms with Gasteiger partial charge in [0.2, 0.25) is 5.88 Å². The van der Waals surface area contributed by atoms with Gasteiger partial charge < -0.3 is 10.1 Å². The second-order valence-electron chi connectivity index (χ2n) is 9.53. The molecule has 38 heavy (non-hydrogen) atoms. The van der Waals surface area contributed by atoms with Crippen LogP contribution in [0.3, 0.4) is 0 Å². The number of rotatable bonds is 8. The predicted molar refractivity (Wildman–Crippen MR) is 147 cm³/mol. The largest absolute Gasteiger partial charge is 0.474 e. The summed E-state index contributed by atoms with van der Waals surface area (Å²) in [6, 6.07) is 31.5. The molecule has 6 nitrogen and oxygen atoms in total. The molecule has 2 heterocycles. The van der Waals surface area contributed by atoms with Gasteiger partial charge in [-0.3, -0.25) is 9.69 Å². The summed E-state index contributed by atoms with van der Waals surface area (Å²) in [5.41, 5.74) is 5.67. The number of nitrogens with zero attached hydrogens (tertiary/aromatic N) is 3. The van der Waals surface area contributed by atoms with Crippen LogP contribution in [-0.4, -0.2) is 35.0 Å². The molecule has 4 aromatic rings. The van der Waals surface area contributed by atoms with Crippen molar-refractivity contribution in [3.63, 3.8) is 0 Å². The van der Waals surface area contributed by atoms with Crippen molar-refractivity contribution >= 4 is 5.91 Å². The quantitative estimate of drug-likeness (QED) is 0.340. The lowest BCUT2D eigenvalue weighted by atomic mass is 10.0. The Kier molecular flexibility index (Phi) is 8.07. The molecule has 1 aromatic heterocycles. The molecule has 1 aliphatic rings. The Morgan fingerprint density at radius 3 is 2.24 bits per heavy atom. The van der Waals surface area contributed by atoms with E-state index in [0.717, 1.165) is 49.2 Å². The summed E-state index contributed by atoms with van der Waals surface area (Å²) in [5.74, 6) is 0.500. The highest BCUT2D eigenvalue weighted by Gasteiger charge is 2.21. The van der Waals surface area contributed by atoms with Gasteiger partial charge in [0.15, 0.2) is 0 Å². The smallest absolute Gasteiger partial charge is 0.251 e. The van der Waals surface area contributed by atoms with Gasteiger partial charge in [-0.05, 0) is 59.4 Å². The van der Waals surface area contributed by atoms with Gasteiger partial charge in [0.05, 0.1) is 11.6 Å². The lowest BCUT2D eigenvalue weighted by Crippen LogP contribution is -2.37. The molecule has 1 saturated heterocycles. The molecule has 0 radical (unpaired) electrons. The van der Waals surface area contributed by atoms with Crippen molar-refractivity contribution in [1.29, 1.82) is 5.26 Å². The van der Waals surface area contributed by atoms with Crippen molar-refractivity contribution in [2.45, 2.75) is 32.0 Å². The zero-order valence-corrected chi connectivity index (χ0v) is 21.2. The van der Waals surface area contributed by atoms with Gasteiger partial charge in [-0.1, -0.05) is 60.7 Å². The van der Waals surface area contributed by atoms with Crippen LogP contribution in [0.25, 0.3) is 11.1 Å². The summed E-state index contributed by atoms with van der Waals surface area (Å²) >= 11 is 0. The summed E-state index contributed by atoms with van der Waals surface area (Å²) in [4.78, 5) is 19.5. The minimum atomic E-state index is -0.113. The molecule has 6 heteroatoms. The summed E-state index contributed by atoms with van der Waals surface area (Å²) in [7, 11) is 0. The highest BCUT2D eigenvalue weighted by atomic mass is 16.5. The number of nitriles is 1. The molecule has 0 spiro atoms. The topological polar surface area (TPSA) is 78.3 Å². The summed E-state index contributed by atoms with van der Waals surface area (Å²) < 4.78 is 6.12. The Bertz CT molecular complexity index is 1370. The molecule has 0 bridgehead atoms. The maximum Gasteiger partial charge on any atom is 0.251 e. The number of nitrogens with one attached hydrogen (secondary N) is 1. The van der Waals surface area contributed by atoms with Gasteiger partial charge in [-0.25, -0.2) is 4.98 Å². The van der Waals surface area contributed by atoms with E-state index in [1.165, 1.54) is 5.56 Å². The molecule has 1 aliphatic heterocycles. The van der Waals surface area contributed by atoms with Gasteiger partial charge in [0, 0.05) is 44.0 Å². The average Bonchev–Trinajstić information content (AvgIpc) is 2.98. The number of ether oxygens (including phenoxy) is 1. The first-order chi connectivity index (χ1) is 18.7. The van der Waals surface area contributed by atoms with Crippen LogP contribution in [0.2, 0.25) is 0 Å². The van der Waals surface area contributed by atoms with Crippen LogP contribution < -0.4 is 10.1 Å². The predicted octanol–water partition coefficient (Wildman–Crippen LogP) is 5.59. The molecule has 1 N–H and O–H groups in total. The molecule has 0 aliphatic carbocycles. The number of pyridine rings is 1. The van der Waals surface area contributed by atoms with Crippen LogP contribution in [0, 0.1) is 11.3 Å². The van der Waals surface area contributed by atoms with Crippen molar-refractivity contribution in [3.8, 4) is 23.1 Å². The van der Waals surface area contributed by atoms with E-state index < -0.39 is 0 Å². The first-order valence-corrected chi connectivity index (χ1v) is 12.9. The van der Waals surface area contributed by atoms with E-state index >= 15 is 0 Å². The Morgan fingerprint density at radius 1 is 0.895 bits per heavy atom. The van der Waals surface area contributed by atoms with Gasteiger partial charge in [0.25, 0.3) is 5.91 Å². The number of amides is 1. The second kappa shape index (κ2) is 12.2. The van der Waals surface area contributed by atoms with Crippen molar-refractivity contribution in [2.24, 2.45) is 0 Å². The molecule has 1 fully saturated rings. The minimum absolute atomic E-state index is 0.113. The second-order valence-corrected chi connectivity index (χ2v) is 9.53. The molecule has 3 aromatic carbocycles. The third kappa shape index (κ3) is 6.64. The Labute approximate surface area is 223 Å². The Morgan fingerprint density at radius 2 is 1.58 bits per heavy atom. The standard InChI is InChI=1S/C32H30N4O2/c33-20-24-6-8-25(9-7-24)23-36-18-16-30(17-19-36)38-31-15-10-26(21-34-31)22-35-32(37)29-13-11-28(12-14-29)27-4-2-1-3-5-27/h1-15,21,30H,16-19,22-23H2,(H,35,37). The number of aromatic nitrogens is 1. The summed E-state index contributed by atoms with van der Waals surface area (Å²) in [6.45, 7) is 3.21. The van der Waals surface area contributed by atoms with Gasteiger partial charge in [0.1, 0.15) is 6.10 Å². The minimum Gasteiger partial charge on any atom is -0.474 e. The monoisotopic (exact) mass is 502 g/mol. The molecule has 0 unspecified atom stereocenters. The lowest BCUT2D eigenvalue weighted by molar-refractivity contribution is 0.0932. The van der Waals surface area contributed by atoms with Crippen molar-refractivity contribution in [3.05, 3.63) is 119 Å². The number of benzene rings is 3. The fourth-order valence-corrected chi connectivity index (χ4v) is 4.61. The average molecular weight is 503 g/mol. The van der Waals surface area contributed by atoms with E-state index in [1.54, 1.807) is 6.20 Å².